The lowest BCUT2D eigenvalue weighted by molar-refractivity contribution is -0.121. The van der Waals surface area contributed by atoms with Crippen LogP contribution in [0.3, 0.4) is 0 Å². The highest BCUT2D eigenvalue weighted by Crippen LogP contribution is 2.18. The van der Waals surface area contributed by atoms with Crippen LogP contribution in [0.5, 0.6) is 0 Å². The molecule has 0 radical (unpaired) electrons. The van der Waals surface area contributed by atoms with Crippen LogP contribution in [-0.2, 0) is 21.2 Å². The molecule has 1 N–H and O–H groups in total. The number of anilines is 1. The molecule has 24 heavy (non-hydrogen) atoms. The van der Waals surface area contributed by atoms with Crippen LogP contribution in [0.25, 0.3) is 0 Å². The summed E-state index contributed by atoms with van der Waals surface area (Å²) < 4.78 is 24.3. The zero-order chi connectivity index (χ0) is 17.6. The number of amides is 1. The Labute approximate surface area is 145 Å². The summed E-state index contributed by atoms with van der Waals surface area (Å²) in [7, 11) is -1.74. The van der Waals surface area contributed by atoms with Crippen LogP contribution >= 0.6 is 0 Å². The van der Waals surface area contributed by atoms with Gasteiger partial charge >= 0.3 is 0 Å². The van der Waals surface area contributed by atoms with Crippen molar-refractivity contribution in [3.05, 3.63) is 29.8 Å². The Hall–Kier alpha value is -1.56. The number of hydrogen-bond acceptors (Lipinski definition) is 3. The molecule has 0 spiro atoms. The summed E-state index contributed by atoms with van der Waals surface area (Å²) in [5, 5.41) is 3.15. The van der Waals surface area contributed by atoms with Gasteiger partial charge in [0.1, 0.15) is 0 Å². The lowest BCUT2D eigenvalue weighted by Gasteiger charge is -2.21. The minimum absolute atomic E-state index is 0.0461. The molecule has 0 atom stereocenters. The molecule has 0 saturated heterocycles. The van der Waals surface area contributed by atoms with E-state index in [4.69, 9.17) is 0 Å². The average Bonchev–Trinajstić information content (AvgIpc) is 2.49. The first-order valence-corrected chi connectivity index (χ1v) is 10.5. The van der Waals surface area contributed by atoms with E-state index in [1.54, 1.807) is 12.1 Å². The molecular weight excluding hydrogens is 324 g/mol. The number of hydrogen-bond donors (Lipinski definition) is 1. The highest BCUT2D eigenvalue weighted by molar-refractivity contribution is 7.92. The van der Waals surface area contributed by atoms with E-state index in [1.165, 1.54) is 49.7 Å². The van der Waals surface area contributed by atoms with Gasteiger partial charge in [0.05, 0.1) is 18.4 Å². The summed E-state index contributed by atoms with van der Waals surface area (Å²) in [4.78, 5) is 12.2. The SMILES string of the molecule is CN(c1ccc(CC(=O)NC2CCCCCCC2)cc1)S(C)(=O)=O. The third kappa shape index (κ3) is 5.82. The van der Waals surface area contributed by atoms with Crippen LogP contribution in [0.15, 0.2) is 24.3 Å². The second-order valence-corrected chi connectivity index (χ2v) is 8.70. The molecule has 1 aliphatic carbocycles. The number of benzene rings is 1. The molecule has 0 aliphatic heterocycles. The van der Waals surface area contributed by atoms with Gasteiger partial charge < -0.3 is 5.32 Å². The van der Waals surface area contributed by atoms with Crippen LogP contribution in [-0.4, -0.2) is 33.7 Å². The normalized spacial score (nSPS) is 16.9. The van der Waals surface area contributed by atoms with E-state index in [0.717, 1.165) is 18.4 Å². The van der Waals surface area contributed by atoms with Crippen molar-refractivity contribution in [2.24, 2.45) is 0 Å². The number of rotatable bonds is 5. The van der Waals surface area contributed by atoms with Gasteiger partial charge in [-0.15, -0.1) is 0 Å². The molecule has 134 valence electrons. The summed E-state index contributed by atoms with van der Waals surface area (Å²) in [5.74, 6) is 0.0461. The number of carbonyl (C=O) groups excluding carboxylic acids is 1. The maximum absolute atomic E-state index is 12.2. The van der Waals surface area contributed by atoms with Gasteiger partial charge in [0, 0.05) is 13.1 Å². The maximum Gasteiger partial charge on any atom is 0.231 e. The monoisotopic (exact) mass is 352 g/mol. The lowest BCUT2D eigenvalue weighted by atomic mass is 9.96. The van der Waals surface area contributed by atoms with Gasteiger partial charge in [0.2, 0.25) is 15.9 Å². The molecule has 1 aromatic carbocycles. The Morgan fingerprint density at radius 3 is 2.17 bits per heavy atom. The van der Waals surface area contributed by atoms with Gasteiger partial charge in [-0.2, -0.15) is 0 Å². The molecule has 0 bridgehead atoms. The fourth-order valence-electron chi connectivity index (χ4n) is 3.08. The van der Waals surface area contributed by atoms with Gasteiger partial charge in [-0.25, -0.2) is 8.42 Å². The zero-order valence-corrected chi connectivity index (χ0v) is 15.4. The molecular formula is C18H28N2O3S. The third-order valence-corrected chi connectivity index (χ3v) is 5.84. The standard InChI is InChI=1S/C18H28N2O3S/c1-20(24(2,22)23)17-12-10-15(11-13-17)14-18(21)19-16-8-6-4-3-5-7-9-16/h10-13,16H,3-9,14H2,1-2H3,(H,19,21). The van der Waals surface area contributed by atoms with E-state index in [2.05, 4.69) is 5.32 Å². The van der Waals surface area contributed by atoms with Crippen LogP contribution in [0.1, 0.15) is 50.5 Å². The van der Waals surface area contributed by atoms with Crippen molar-refractivity contribution in [2.75, 3.05) is 17.6 Å². The Bertz CT molecular complexity index is 633. The zero-order valence-electron chi connectivity index (χ0n) is 14.6. The topological polar surface area (TPSA) is 66.5 Å². The number of nitrogens with one attached hydrogen (secondary N) is 1. The molecule has 0 heterocycles. The summed E-state index contributed by atoms with van der Waals surface area (Å²) in [6.07, 6.45) is 9.88. The third-order valence-electron chi connectivity index (χ3n) is 4.63. The number of nitrogens with zero attached hydrogens (tertiary/aromatic N) is 1. The lowest BCUT2D eigenvalue weighted by Crippen LogP contribution is -2.36. The predicted molar refractivity (Wildman–Crippen MR) is 97.6 cm³/mol. The van der Waals surface area contributed by atoms with Crippen LogP contribution in [0.2, 0.25) is 0 Å². The van der Waals surface area contributed by atoms with E-state index in [-0.39, 0.29) is 5.91 Å². The van der Waals surface area contributed by atoms with Gasteiger partial charge in [0.15, 0.2) is 0 Å². The first kappa shape index (κ1) is 18.8. The van der Waals surface area contributed by atoms with Crippen molar-refractivity contribution in [1.29, 1.82) is 0 Å². The molecule has 0 unspecified atom stereocenters. The Kier molecular flexibility index (Phi) is 6.66. The molecule has 2 rings (SSSR count). The number of carbonyl (C=O) groups is 1. The first-order valence-electron chi connectivity index (χ1n) is 8.68. The minimum Gasteiger partial charge on any atom is -0.353 e. The van der Waals surface area contributed by atoms with Crippen LogP contribution in [0, 0.1) is 0 Å². The number of sulfonamides is 1. The Balaban J connectivity index is 1.89. The van der Waals surface area contributed by atoms with Crippen molar-refractivity contribution in [3.8, 4) is 0 Å². The highest BCUT2D eigenvalue weighted by Gasteiger charge is 2.15. The second-order valence-electron chi connectivity index (χ2n) is 6.68. The minimum atomic E-state index is -3.26. The average molecular weight is 352 g/mol. The largest absolute Gasteiger partial charge is 0.353 e. The summed E-state index contributed by atoms with van der Waals surface area (Å²) in [6, 6.07) is 7.40. The first-order chi connectivity index (χ1) is 11.4. The van der Waals surface area contributed by atoms with Crippen LogP contribution in [0.4, 0.5) is 5.69 Å². The summed E-state index contributed by atoms with van der Waals surface area (Å²) in [6.45, 7) is 0. The molecule has 1 aliphatic rings. The van der Waals surface area contributed by atoms with E-state index in [9.17, 15) is 13.2 Å². The highest BCUT2D eigenvalue weighted by atomic mass is 32.2. The maximum atomic E-state index is 12.2. The smallest absolute Gasteiger partial charge is 0.231 e. The van der Waals surface area contributed by atoms with Crippen molar-refractivity contribution in [3.63, 3.8) is 0 Å². The van der Waals surface area contributed by atoms with E-state index in [1.807, 2.05) is 12.1 Å². The molecule has 1 saturated carbocycles. The molecule has 1 amide bonds. The van der Waals surface area contributed by atoms with Crippen molar-refractivity contribution >= 4 is 21.6 Å². The summed E-state index contributed by atoms with van der Waals surface area (Å²) in [5.41, 5.74) is 1.49. The van der Waals surface area contributed by atoms with Gasteiger partial charge in [0.25, 0.3) is 0 Å². The summed E-state index contributed by atoms with van der Waals surface area (Å²) >= 11 is 0. The van der Waals surface area contributed by atoms with Gasteiger partial charge in [-0.3, -0.25) is 9.10 Å². The Morgan fingerprint density at radius 1 is 1.08 bits per heavy atom. The quantitative estimate of drug-likeness (QED) is 0.886. The fourth-order valence-corrected chi connectivity index (χ4v) is 3.58. The van der Waals surface area contributed by atoms with Crippen molar-refractivity contribution in [1.82, 2.24) is 5.32 Å². The molecule has 0 aromatic heterocycles. The predicted octanol–water partition coefficient (Wildman–Crippen LogP) is 2.85. The van der Waals surface area contributed by atoms with Crippen molar-refractivity contribution in [2.45, 2.75) is 57.4 Å². The van der Waals surface area contributed by atoms with Gasteiger partial charge in [-0.05, 0) is 30.5 Å². The molecule has 1 fully saturated rings. The van der Waals surface area contributed by atoms with E-state index in [0.29, 0.717) is 18.2 Å². The molecule has 6 heteroatoms. The molecule has 5 nitrogen and oxygen atoms in total. The fraction of sp³-hybridized carbons (Fsp3) is 0.611. The van der Waals surface area contributed by atoms with Crippen LogP contribution < -0.4 is 9.62 Å². The van der Waals surface area contributed by atoms with Crippen molar-refractivity contribution < 1.29 is 13.2 Å². The molecule has 1 aromatic rings. The second kappa shape index (κ2) is 8.51. The van der Waals surface area contributed by atoms with Gasteiger partial charge in [-0.1, -0.05) is 44.2 Å². The van der Waals surface area contributed by atoms with E-state index >= 15 is 0 Å². The van der Waals surface area contributed by atoms with E-state index < -0.39 is 10.0 Å². The Morgan fingerprint density at radius 2 is 1.62 bits per heavy atom.